The zero-order valence-electron chi connectivity index (χ0n) is 13.4. The molecule has 22 heavy (non-hydrogen) atoms. The Bertz CT molecular complexity index is 433. The fourth-order valence-electron chi connectivity index (χ4n) is 1.65. The summed E-state index contributed by atoms with van der Waals surface area (Å²) >= 11 is 1.81. The van der Waals surface area contributed by atoms with Crippen molar-refractivity contribution in [3.05, 3.63) is 24.3 Å². The van der Waals surface area contributed by atoms with Crippen molar-refractivity contribution in [2.75, 3.05) is 45.9 Å². The molecule has 0 aliphatic carbocycles. The van der Waals surface area contributed by atoms with Gasteiger partial charge in [-0.15, -0.1) is 24.0 Å². The number of hydrogen-bond acceptors (Lipinski definition) is 4. The number of methoxy groups -OCH3 is 1. The number of thioether (sulfide) groups is 1. The lowest BCUT2D eigenvalue weighted by molar-refractivity contribution is 0.308. The van der Waals surface area contributed by atoms with Crippen molar-refractivity contribution in [2.45, 2.75) is 6.42 Å². The number of rotatable bonds is 9. The second-order valence-corrected chi connectivity index (χ2v) is 5.29. The highest BCUT2D eigenvalue weighted by molar-refractivity contribution is 14.0. The van der Waals surface area contributed by atoms with Gasteiger partial charge in [-0.2, -0.15) is 11.8 Å². The highest BCUT2D eigenvalue weighted by Crippen LogP contribution is 2.18. The summed E-state index contributed by atoms with van der Waals surface area (Å²) < 4.78 is 10.8. The second kappa shape index (κ2) is 13.8. The van der Waals surface area contributed by atoms with Crippen LogP contribution >= 0.6 is 35.7 Å². The minimum atomic E-state index is 0. The summed E-state index contributed by atoms with van der Waals surface area (Å²) in [6.07, 6.45) is 2.99. The number of ether oxygens (including phenoxy) is 2. The van der Waals surface area contributed by atoms with Crippen molar-refractivity contribution in [3.63, 3.8) is 0 Å². The number of hydrogen-bond donors (Lipinski definition) is 2. The average Bonchev–Trinajstić information content (AvgIpc) is 2.53. The Hall–Kier alpha value is -0.830. The molecule has 0 heterocycles. The Labute approximate surface area is 154 Å². The molecule has 2 N–H and O–H groups in total. The third-order valence-corrected chi connectivity index (χ3v) is 3.36. The van der Waals surface area contributed by atoms with Crippen molar-refractivity contribution in [3.8, 4) is 11.5 Å². The largest absolute Gasteiger partial charge is 0.497 e. The molecule has 7 heteroatoms. The Kier molecular flexibility index (Phi) is 13.3. The van der Waals surface area contributed by atoms with E-state index in [9.17, 15) is 0 Å². The number of halogens is 1. The molecule has 0 aromatic heterocycles. The van der Waals surface area contributed by atoms with E-state index in [2.05, 4.69) is 21.9 Å². The van der Waals surface area contributed by atoms with Crippen LogP contribution in [0.4, 0.5) is 0 Å². The van der Waals surface area contributed by atoms with Crippen LogP contribution in [0.25, 0.3) is 0 Å². The molecule has 0 fully saturated rings. The minimum Gasteiger partial charge on any atom is -0.497 e. The van der Waals surface area contributed by atoms with E-state index < -0.39 is 0 Å². The molecule has 1 aromatic rings. The van der Waals surface area contributed by atoms with Gasteiger partial charge in [0.25, 0.3) is 0 Å². The highest BCUT2D eigenvalue weighted by Gasteiger charge is 1.98. The lowest BCUT2D eigenvalue weighted by Gasteiger charge is -2.12. The maximum Gasteiger partial charge on any atom is 0.191 e. The Morgan fingerprint density at radius 2 is 1.95 bits per heavy atom. The molecule has 0 aliphatic heterocycles. The van der Waals surface area contributed by atoms with Crippen LogP contribution in [-0.4, -0.2) is 51.8 Å². The number of guanidine groups is 1. The first-order valence-corrected chi connectivity index (χ1v) is 8.40. The summed E-state index contributed by atoms with van der Waals surface area (Å²) in [7, 11) is 3.43. The summed E-state index contributed by atoms with van der Waals surface area (Å²) in [5.41, 5.74) is 0. The molecule has 5 nitrogen and oxygen atoms in total. The molecular formula is C15H26IN3O2S. The van der Waals surface area contributed by atoms with Crippen LogP contribution in [0.1, 0.15) is 6.42 Å². The first-order chi connectivity index (χ1) is 10.3. The average molecular weight is 439 g/mol. The molecule has 0 bridgehead atoms. The van der Waals surface area contributed by atoms with Crippen LogP contribution < -0.4 is 20.1 Å². The van der Waals surface area contributed by atoms with E-state index in [1.807, 2.05) is 36.0 Å². The first kappa shape index (κ1) is 21.2. The van der Waals surface area contributed by atoms with Gasteiger partial charge >= 0.3 is 0 Å². The molecule has 0 unspecified atom stereocenters. The topological polar surface area (TPSA) is 54.9 Å². The Balaban J connectivity index is 0.00000441. The Morgan fingerprint density at radius 3 is 2.64 bits per heavy atom. The van der Waals surface area contributed by atoms with Gasteiger partial charge in [-0.1, -0.05) is 6.07 Å². The fourth-order valence-corrected chi connectivity index (χ4v) is 1.96. The number of aliphatic imine (C=N–C) groups is 1. The quantitative estimate of drug-likeness (QED) is 0.268. The van der Waals surface area contributed by atoms with Crippen molar-refractivity contribution in [1.82, 2.24) is 10.6 Å². The smallest absolute Gasteiger partial charge is 0.191 e. The minimum absolute atomic E-state index is 0. The van der Waals surface area contributed by atoms with Crippen LogP contribution in [0, 0.1) is 0 Å². The first-order valence-electron chi connectivity index (χ1n) is 7.00. The van der Waals surface area contributed by atoms with Crippen LogP contribution in [0.2, 0.25) is 0 Å². The maximum atomic E-state index is 5.68. The molecular weight excluding hydrogens is 413 g/mol. The Morgan fingerprint density at radius 1 is 1.23 bits per heavy atom. The van der Waals surface area contributed by atoms with E-state index in [1.165, 1.54) is 0 Å². The molecule has 0 radical (unpaired) electrons. The van der Waals surface area contributed by atoms with Gasteiger partial charge in [-0.05, 0) is 24.8 Å². The molecule has 0 amide bonds. The summed E-state index contributed by atoms with van der Waals surface area (Å²) in [5, 5.41) is 6.52. The molecule has 1 aromatic carbocycles. The zero-order valence-corrected chi connectivity index (χ0v) is 16.6. The van der Waals surface area contributed by atoms with Crippen LogP contribution in [0.15, 0.2) is 29.3 Å². The van der Waals surface area contributed by atoms with Gasteiger partial charge in [0.05, 0.1) is 13.7 Å². The monoisotopic (exact) mass is 439 g/mol. The molecule has 0 saturated heterocycles. The highest BCUT2D eigenvalue weighted by atomic mass is 127. The van der Waals surface area contributed by atoms with Crippen molar-refractivity contribution in [2.24, 2.45) is 4.99 Å². The summed E-state index contributed by atoms with van der Waals surface area (Å²) in [6.45, 7) is 2.39. The van der Waals surface area contributed by atoms with Gasteiger partial charge in [0.2, 0.25) is 0 Å². The van der Waals surface area contributed by atoms with Gasteiger partial charge in [0.15, 0.2) is 5.96 Å². The van der Waals surface area contributed by atoms with Gasteiger partial charge in [0, 0.05) is 32.0 Å². The third-order valence-electron chi connectivity index (χ3n) is 2.75. The molecule has 0 aliphatic rings. The number of benzene rings is 1. The van der Waals surface area contributed by atoms with Crippen LogP contribution in [0.5, 0.6) is 11.5 Å². The van der Waals surface area contributed by atoms with E-state index >= 15 is 0 Å². The molecule has 126 valence electrons. The molecule has 0 atom stereocenters. The van der Waals surface area contributed by atoms with E-state index in [4.69, 9.17) is 9.47 Å². The van der Waals surface area contributed by atoms with Gasteiger partial charge < -0.3 is 20.1 Å². The lowest BCUT2D eigenvalue weighted by atomic mass is 10.3. The van der Waals surface area contributed by atoms with E-state index in [1.54, 1.807) is 14.2 Å². The van der Waals surface area contributed by atoms with E-state index in [0.29, 0.717) is 6.61 Å². The van der Waals surface area contributed by atoms with Crippen molar-refractivity contribution in [1.29, 1.82) is 0 Å². The van der Waals surface area contributed by atoms with Gasteiger partial charge in [-0.25, -0.2) is 0 Å². The third kappa shape index (κ3) is 9.24. The van der Waals surface area contributed by atoms with Gasteiger partial charge in [0.1, 0.15) is 11.5 Å². The zero-order chi connectivity index (χ0) is 15.3. The van der Waals surface area contributed by atoms with Crippen LogP contribution in [-0.2, 0) is 0 Å². The SMILES string of the molecule is CN=C(NCCCOc1cccc(OC)c1)NCCSC.I. The predicted octanol–water partition coefficient (Wildman–Crippen LogP) is 2.61. The number of nitrogens with one attached hydrogen (secondary N) is 2. The second-order valence-electron chi connectivity index (χ2n) is 4.30. The maximum absolute atomic E-state index is 5.68. The summed E-state index contributed by atoms with van der Waals surface area (Å²) in [6, 6.07) is 7.64. The van der Waals surface area contributed by atoms with Crippen molar-refractivity contribution < 1.29 is 9.47 Å². The lowest BCUT2D eigenvalue weighted by Crippen LogP contribution is -2.39. The molecule has 0 saturated carbocycles. The number of nitrogens with zero attached hydrogens (tertiary/aromatic N) is 1. The van der Waals surface area contributed by atoms with Crippen molar-refractivity contribution >= 4 is 41.7 Å². The van der Waals surface area contributed by atoms with Crippen LogP contribution in [0.3, 0.4) is 0 Å². The normalized spacial score (nSPS) is 10.6. The summed E-state index contributed by atoms with van der Waals surface area (Å²) in [4.78, 5) is 4.17. The molecule has 1 rings (SSSR count). The van der Waals surface area contributed by atoms with Gasteiger partial charge in [-0.3, -0.25) is 4.99 Å². The summed E-state index contributed by atoms with van der Waals surface area (Å²) in [5.74, 6) is 3.55. The van der Waals surface area contributed by atoms with E-state index in [-0.39, 0.29) is 24.0 Å². The predicted molar refractivity (Wildman–Crippen MR) is 106 cm³/mol. The fraction of sp³-hybridized carbons (Fsp3) is 0.533. The standard InChI is InChI=1S/C15H25N3O2S.HI/c1-16-15(18-9-11-21-3)17-8-5-10-20-14-7-4-6-13(12-14)19-2;/h4,6-7,12H,5,8-11H2,1-3H3,(H2,16,17,18);1H. The molecule has 0 spiro atoms. The van der Waals surface area contributed by atoms with E-state index in [0.717, 1.165) is 42.7 Å².